The third-order valence-corrected chi connectivity index (χ3v) is 4.56. The molecule has 0 aliphatic carbocycles. The first-order chi connectivity index (χ1) is 12.5. The quantitative estimate of drug-likeness (QED) is 0.689. The molecule has 0 fully saturated rings. The van der Waals surface area contributed by atoms with Gasteiger partial charge in [-0.05, 0) is 41.1 Å². The molecule has 0 saturated carbocycles. The molecular formula is C21H17FN2O2. The smallest absolute Gasteiger partial charge is 0.243 e. The lowest BCUT2D eigenvalue weighted by Gasteiger charge is -2.31. The van der Waals surface area contributed by atoms with Crippen LogP contribution in [0.15, 0.2) is 71.8 Å². The molecule has 1 atom stereocenters. The molecule has 4 nitrogen and oxygen atoms in total. The molecule has 4 rings (SSSR count). The van der Waals surface area contributed by atoms with Crippen molar-refractivity contribution >= 4 is 22.6 Å². The number of benzene rings is 3. The maximum Gasteiger partial charge on any atom is 0.243 e. The second-order valence-electron chi connectivity index (χ2n) is 6.39. The average Bonchev–Trinajstić information content (AvgIpc) is 3.01. The minimum absolute atomic E-state index is 0.238. The second kappa shape index (κ2) is 5.95. The minimum Gasteiger partial charge on any atom is -0.443 e. The molecule has 0 radical (unpaired) electrons. The fourth-order valence-electron chi connectivity index (χ4n) is 3.18. The highest BCUT2D eigenvalue weighted by Gasteiger charge is 2.45. The Hall–Kier alpha value is -3.21. The Morgan fingerprint density at radius 2 is 1.73 bits per heavy atom. The highest BCUT2D eigenvalue weighted by molar-refractivity contribution is 5.97. The van der Waals surface area contributed by atoms with Gasteiger partial charge in [-0.2, -0.15) is 5.01 Å². The number of carbonyl (C=O) groups excluding carboxylic acids is 1. The molecule has 5 heteroatoms. The van der Waals surface area contributed by atoms with Gasteiger partial charge in [0.15, 0.2) is 0 Å². The van der Waals surface area contributed by atoms with Gasteiger partial charge in [0.25, 0.3) is 0 Å². The zero-order valence-corrected chi connectivity index (χ0v) is 14.4. The van der Waals surface area contributed by atoms with Crippen LogP contribution < -0.4 is 0 Å². The monoisotopic (exact) mass is 348 g/mol. The number of hydrogen-bond acceptors (Lipinski definition) is 3. The van der Waals surface area contributed by atoms with E-state index in [1.54, 1.807) is 19.1 Å². The normalized spacial score (nSPS) is 19.3. The van der Waals surface area contributed by atoms with Crippen LogP contribution in [0, 0.1) is 5.82 Å². The van der Waals surface area contributed by atoms with Crippen LogP contribution in [0.2, 0.25) is 0 Å². The Kier molecular flexibility index (Phi) is 3.72. The van der Waals surface area contributed by atoms with Gasteiger partial charge in [-0.25, -0.2) is 4.39 Å². The zero-order valence-electron chi connectivity index (χ0n) is 14.4. The minimum atomic E-state index is -1.07. The molecule has 0 spiro atoms. The molecule has 0 saturated heterocycles. The van der Waals surface area contributed by atoms with Crippen molar-refractivity contribution in [3.8, 4) is 0 Å². The fourth-order valence-corrected chi connectivity index (χ4v) is 3.18. The fraction of sp³-hybridized carbons (Fsp3) is 0.143. The maximum absolute atomic E-state index is 13.2. The molecule has 1 amide bonds. The van der Waals surface area contributed by atoms with Gasteiger partial charge in [-0.1, -0.05) is 36.4 Å². The van der Waals surface area contributed by atoms with Crippen LogP contribution >= 0.6 is 0 Å². The van der Waals surface area contributed by atoms with Crippen LogP contribution in [0.4, 0.5) is 4.39 Å². The number of hydrogen-bond donors (Lipinski definition) is 0. The summed E-state index contributed by atoms with van der Waals surface area (Å²) >= 11 is 0. The van der Waals surface area contributed by atoms with Gasteiger partial charge in [0, 0.05) is 25.0 Å². The summed E-state index contributed by atoms with van der Waals surface area (Å²) in [7, 11) is 0. The first-order valence-electron chi connectivity index (χ1n) is 8.31. The molecule has 0 bridgehead atoms. The first kappa shape index (κ1) is 16.3. The molecule has 3 aromatic rings. The molecule has 26 heavy (non-hydrogen) atoms. The van der Waals surface area contributed by atoms with E-state index in [9.17, 15) is 9.18 Å². The zero-order chi connectivity index (χ0) is 18.3. The number of fused-ring (bicyclic) bond motifs is 1. The second-order valence-corrected chi connectivity index (χ2v) is 6.39. The number of halogens is 1. The average molecular weight is 348 g/mol. The predicted octanol–water partition coefficient (Wildman–Crippen LogP) is 4.39. The summed E-state index contributed by atoms with van der Waals surface area (Å²) in [6, 6.07) is 19.7. The topological polar surface area (TPSA) is 41.9 Å². The lowest BCUT2D eigenvalue weighted by atomic mass is 9.99. The lowest BCUT2D eigenvalue weighted by Crippen LogP contribution is -2.41. The van der Waals surface area contributed by atoms with Crippen LogP contribution in [0.5, 0.6) is 0 Å². The van der Waals surface area contributed by atoms with Crippen LogP contribution in [0.1, 0.15) is 25.0 Å². The molecule has 3 aromatic carbocycles. The SMILES string of the molecule is CC(=O)N1N=C(c2ccc(F)cc2)OC1(C)c1ccc2ccccc2c1. The van der Waals surface area contributed by atoms with E-state index >= 15 is 0 Å². The summed E-state index contributed by atoms with van der Waals surface area (Å²) in [5.41, 5.74) is 0.356. The number of hydrazone groups is 1. The van der Waals surface area contributed by atoms with Crippen molar-refractivity contribution in [3.05, 3.63) is 83.7 Å². The van der Waals surface area contributed by atoms with Crippen molar-refractivity contribution in [2.45, 2.75) is 19.6 Å². The van der Waals surface area contributed by atoms with Gasteiger partial charge in [0.05, 0.1) is 0 Å². The standard InChI is InChI=1S/C21H17FN2O2/c1-14(25)24-21(2,18-10-7-15-5-3-4-6-17(15)13-18)26-20(23-24)16-8-11-19(22)12-9-16/h3-13H,1-2H3. The van der Waals surface area contributed by atoms with Crippen molar-refractivity contribution < 1.29 is 13.9 Å². The van der Waals surface area contributed by atoms with Crippen molar-refractivity contribution in [1.29, 1.82) is 0 Å². The van der Waals surface area contributed by atoms with E-state index in [0.717, 1.165) is 16.3 Å². The van der Waals surface area contributed by atoms with E-state index in [1.165, 1.54) is 24.1 Å². The summed E-state index contributed by atoms with van der Waals surface area (Å²) in [4.78, 5) is 12.2. The highest BCUT2D eigenvalue weighted by Crippen LogP contribution is 2.37. The molecule has 1 aliphatic heterocycles. The Morgan fingerprint density at radius 3 is 2.42 bits per heavy atom. The predicted molar refractivity (Wildman–Crippen MR) is 97.8 cm³/mol. The third kappa shape index (κ3) is 2.62. The summed E-state index contributed by atoms with van der Waals surface area (Å²) in [6.45, 7) is 3.25. The molecule has 0 N–H and O–H groups in total. The van der Waals surface area contributed by atoms with Crippen LogP contribution in [0.25, 0.3) is 10.8 Å². The van der Waals surface area contributed by atoms with Gasteiger partial charge < -0.3 is 4.74 Å². The summed E-state index contributed by atoms with van der Waals surface area (Å²) in [5.74, 6) is -0.290. The van der Waals surface area contributed by atoms with Crippen molar-refractivity contribution in [2.24, 2.45) is 5.10 Å². The van der Waals surface area contributed by atoms with Crippen LogP contribution in [-0.4, -0.2) is 16.8 Å². The van der Waals surface area contributed by atoms with E-state index in [0.29, 0.717) is 5.56 Å². The van der Waals surface area contributed by atoms with Gasteiger partial charge in [0.1, 0.15) is 5.82 Å². The Balaban J connectivity index is 1.78. The number of carbonyl (C=O) groups is 1. The summed E-state index contributed by atoms with van der Waals surface area (Å²) < 4.78 is 19.3. The van der Waals surface area contributed by atoms with Gasteiger partial charge in [-0.3, -0.25) is 4.79 Å². The molecule has 1 heterocycles. The van der Waals surface area contributed by atoms with Crippen LogP contribution in [-0.2, 0) is 15.3 Å². The first-order valence-corrected chi connectivity index (χ1v) is 8.31. The Labute approximate surface area is 150 Å². The third-order valence-electron chi connectivity index (χ3n) is 4.56. The van der Waals surface area contributed by atoms with Crippen molar-refractivity contribution in [2.75, 3.05) is 0 Å². The van der Waals surface area contributed by atoms with E-state index in [1.807, 2.05) is 42.5 Å². The summed E-state index contributed by atoms with van der Waals surface area (Å²) in [6.07, 6.45) is 0. The number of ether oxygens (including phenoxy) is 1. The van der Waals surface area contributed by atoms with Crippen molar-refractivity contribution in [1.82, 2.24) is 5.01 Å². The molecular weight excluding hydrogens is 331 g/mol. The van der Waals surface area contributed by atoms with E-state index < -0.39 is 5.72 Å². The molecule has 1 aliphatic rings. The van der Waals surface area contributed by atoms with Gasteiger partial charge in [-0.15, -0.1) is 5.10 Å². The van der Waals surface area contributed by atoms with Crippen molar-refractivity contribution in [3.63, 3.8) is 0 Å². The highest BCUT2D eigenvalue weighted by atomic mass is 19.1. The number of nitrogens with zero attached hydrogens (tertiary/aromatic N) is 2. The van der Waals surface area contributed by atoms with E-state index in [2.05, 4.69) is 5.10 Å². The Morgan fingerprint density at radius 1 is 1.04 bits per heavy atom. The Bertz CT molecular complexity index is 1030. The molecule has 1 unspecified atom stereocenters. The van der Waals surface area contributed by atoms with Gasteiger partial charge >= 0.3 is 0 Å². The maximum atomic E-state index is 13.2. The molecule has 130 valence electrons. The van der Waals surface area contributed by atoms with Gasteiger partial charge in [0.2, 0.25) is 17.5 Å². The van der Waals surface area contributed by atoms with E-state index in [-0.39, 0.29) is 17.6 Å². The summed E-state index contributed by atoms with van der Waals surface area (Å²) in [5, 5.41) is 7.84. The van der Waals surface area contributed by atoms with Crippen LogP contribution in [0.3, 0.4) is 0 Å². The number of rotatable bonds is 2. The largest absolute Gasteiger partial charge is 0.443 e. The van der Waals surface area contributed by atoms with E-state index in [4.69, 9.17) is 4.74 Å². The lowest BCUT2D eigenvalue weighted by molar-refractivity contribution is -0.146. The number of amides is 1. The molecule has 0 aromatic heterocycles.